The first-order valence-electron chi connectivity index (χ1n) is 10.9. The Kier molecular flexibility index (Phi) is 5.96. The lowest BCUT2D eigenvalue weighted by atomic mass is 9.74. The Morgan fingerprint density at radius 2 is 1.83 bits per heavy atom. The highest BCUT2D eigenvalue weighted by Gasteiger charge is 2.40. The third-order valence-electron chi connectivity index (χ3n) is 7.16. The quantitative estimate of drug-likeness (QED) is 0.744. The summed E-state index contributed by atoms with van der Waals surface area (Å²) < 4.78 is 4.88. The van der Waals surface area contributed by atoms with Crippen molar-refractivity contribution in [1.29, 1.82) is 5.26 Å². The maximum atomic E-state index is 12.6. The van der Waals surface area contributed by atoms with Crippen LogP contribution in [0.1, 0.15) is 55.7 Å². The predicted octanol–water partition coefficient (Wildman–Crippen LogP) is 2.63. The second-order valence-corrected chi connectivity index (χ2v) is 8.70. The maximum Gasteiger partial charge on any atom is 0.318 e. The van der Waals surface area contributed by atoms with Gasteiger partial charge in [0.05, 0.1) is 30.6 Å². The smallest absolute Gasteiger partial charge is 0.318 e. The topological polar surface area (TPSA) is 94.5 Å². The zero-order valence-electron chi connectivity index (χ0n) is 17.5. The van der Waals surface area contributed by atoms with Gasteiger partial charge in [-0.05, 0) is 62.7 Å². The molecule has 160 valence electrons. The fraction of sp³-hybridized carbons (Fsp3) is 0.609. The SMILES string of the molecule is COC(=O)C1CCC(N2C(=O)NCC2c2ccc(C3(C#N)CCNCC3)cc2)CC1. The lowest BCUT2D eigenvalue weighted by Crippen LogP contribution is -2.42. The van der Waals surface area contributed by atoms with Crippen molar-refractivity contribution in [1.82, 2.24) is 15.5 Å². The van der Waals surface area contributed by atoms with Crippen LogP contribution in [0.5, 0.6) is 0 Å². The van der Waals surface area contributed by atoms with Gasteiger partial charge in [0, 0.05) is 12.6 Å². The largest absolute Gasteiger partial charge is 0.469 e. The van der Waals surface area contributed by atoms with Crippen molar-refractivity contribution in [2.24, 2.45) is 5.92 Å². The van der Waals surface area contributed by atoms with Gasteiger partial charge in [0.15, 0.2) is 0 Å². The highest BCUT2D eigenvalue weighted by Crippen LogP contribution is 2.37. The molecule has 4 rings (SSSR count). The van der Waals surface area contributed by atoms with E-state index in [1.807, 2.05) is 4.90 Å². The summed E-state index contributed by atoms with van der Waals surface area (Å²) in [4.78, 5) is 26.4. The molecule has 1 saturated carbocycles. The van der Waals surface area contributed by atoms with E-state index < -0.39 is 5.41 Å². The zero-order valence-corrected chi connectivity index (χ0v) is 17.5. The number of nitrogens with one attached hydrogen (secondary N) is 2. The Hall–Kier alpha value is -2.59. The number of urea groups is 1. The number of rotatable bonds is 4. The number of carbonyl (C=O) groups is 2. The summed E-state index contributed by atoms with van der Waals surface area (Å²) in [6.07, 6.45) is 4.78. The number of hydrogen-bond donors (Lipinski definition) is 2. The average Bonchev–Trinajstić information content (AvgIpc) is 3.20. The van der Waals surface area contributed by atoms with Crippen molar-refractivity contribution in [2.45, 2.75) is 56.0 Å². The molecule has 2 amide bonds. The van der Waals surface area contributed by atoms with Crippen molar-refractivity contribution in [2.75, 3.05) is 26.7 Å². The van der Waals surface area contributed by atoms with Gasteiger partial charge in [-0.1, -0.05) is 24.3 Å². The monoisotopic (exact) mass is 410 g/mol. The number of methoxy groups -OCH3 is 1. The molecule has 7 heteroatoms. The summed E-state index contributed by atoms with van der Waals surface area (Å²) >= 11 is 0. The molecule has 1 unspecified atom stereocenters. The van der Waals surface area contributed by atoms with Gasteiger partial charge in [-0.15, -0.1) is 0 Å². The van der Waals surface area contributed by atoms with Crippen LogP contribution in [-0.2, 0) is 14.9 Å². The highest BCUT2D eigenvalue weighted by atomic mass is 16.5. The third kappa shape index (κ3) is 3.77. The van der Waals surface area contributed by atoms with Crippen LogP contribution < -0.4 is 10.6 Å². The van der Waals surface area contributed by atoms with Crippen molar-refractivity contribution in [3.8, 4) is 6.07 Å². The van der Waals surface area contributed by atoms with Gasteiger partial charge in [-0.3, -0.25) is 4.79 Å². The van der Waals surface area contributed by atoms with Gasteiger partial charge in [-0.2, -0.15) is 5.26 Å². The summed E-state index contributed by atoms with van der Waals surface area (Å²) in [6, 6.07) is 10.9. The second kappa shape index (κ2) is 8.65. The first kappa shape index (κ1) is 20.7. The number of benzene rings is 1. The molecule has 0 radical (unpaired) electrons. The summed E-state index contributed by atoms with van der Waals surface area (Å²) in [5, 5.41) is 16.1. The normalized spacial score (nSPS) is 28.5. The van der Waals surface area contributed by atoms with Crippen molar-refractivity contribution >= 4 is 12.0 Å². The minimum Gasteiger partial charge on any atom is -0.469 e. The van der Waals surface area contributed by atoms with Crippen LogP contribution in [0.4, 0.5) is 4.79 Å². The molecule has 3 aliphatic rings. The Balaban J connectivity index is 1.49. The number of carbonyl (C=O) groups excluding carboxylic acids is 2. The summed E-state index contributed by atoms with van der Waals surface area (Å²) in [5.74, 6) is -0.197. The number of nitriles is 1. The number of hydrogen-bond acceptors (Lipinski definition) is 5. The fourth-order valence-corrected chi connectivity index (χ4v) is 5.31. The fourth-order valence-electron chi connectivity index (χ4n) is 5.31. The number of nitrogens with zero attached hydrogens (tertiary/aromatic N) is 2. The Morgan fingerprint density at radius 1 is 1.17 bits per heavy atom. The number of amides is 2. The molecule has 2 N–H and O–H groups in total. The van der Waals surface area contributed by atoms with E-state index in [2.05, 4.69) is 41.0 Å². The molecule has 1 atom stereocenters. The lowest BCUT2D eigenvalue weighted by Gasteiger charge is -2.36. The molecule has 1 aromatic carbocycles. The van der Waals surface area contributed by atoms with E-state index in [1.165, 1.54) is 7.11 Å². The van der Waals surface area contributed by atoms with Gasteiger partial charge in [0.1, 0.15) is 0 Å². The van der Waals surface area contributed by atoms with E-state index in [0.29, 0.717) is 6.54 Å². The molecule has 0 aromatic heterocycles. The third-order valence-corrected chi connectivity index (χ3v) is 7.16. The molecule has 2 aliphatic heterocycles. The van der Waals surface area contributed by atoms with Gasteiger partial charge in [-0.25, -0.2) is 4.79 Å². The first-order chi connectivity index (χ1) is 14.6. The van der Waals surface area contributed by atoms with Gasteiger partial charge < -0.3 is 20.3 Å². The second-order valence-electron chi connectivity index (χ2n) is 8.70. The molecule has 2 saturated heterocycles. The first-order valence-corrected chi connectivity index (χ1v) is 10.9. The Labute approximate surface area is 177 Å². The van der Waals surface area contributed by atoms with E-state index in [9.17, 15) is 14.9 Å². The molecule has 2 heterocycles. The van der Waals surface area contributed by atoms with Crippen LogP contribution in [0.3, 0.4) is 0 Å². The molecule has 0 spiro atoms. The van der Waals surface area contributed by atoms with Crippen LogP contribution in [-0.4, -0.2) is 49.7 Å². The molecule has 0 bridgehead atoms. The van der Waals surface area contributed by atoms with Crippen LogP contribution in [0.25, 0.3) is 0 Å². The summed E-state index contributed by atoms with van der Waals surface area (Å²) in [6.45, 7) is 2.30. The highest BCUT2D eigenvalue weighted by molar-refractivity contribution is 5.78. The van der Waals surface area contributed by atoms with E-state index in [0.717, 1.165) is 62.7 Å². The van der Waals surface area contributed by atoms with Gasteiger partial charge in [0.25, 0.3) is 0 Å². The summed E-state index contributed by atoms with van der Waals surface area (Å²) in [5.41, 5.74) is 1.74. The maximum absolute atomic E-state index is 12.6. The minimum absolute atomic E-state index is 0.0164. The van der Waals surface area contributed by atoms with Crippen molar-refractivity contribution < 1.29 is 14.3 Å². The number of esters is 1. The van der Waals surface area contributed by atoms with E-state index in [4.69, 9.17) is 4.74 Å². The van der Waals surface area contributed by atoms with Crippen molar-refractivity contribution in [3.05, 3.63) is 35.4 Å². The summed E-state index contributed by atoms with van der Waals surface area (Å²) in [7, 11) is 1.43. The molecule has 1 aliphatic carbocycles. The van der Waals surface area contributed by atoms with E-state index in [1.54, 1.807) is 0 Å². The molecule has 3 fully saturated rings. The zero-order chi connectivity index (χ0) is 21.1. The lowest BCUT2D eigenvalue weighted by molar-refractivity contribution is -0.146. The van der Waals surface area contributed by atoms with E-state index >= 15 is 0 Å². The predicted molar refractivity (Wildman–Crippen MR) is 112 cm³/mol. The average molecular weight is 411 g/mol. The Bertz CT molecular complexity index is 818. The van der Waals surface area contributed by atoms with Crippen LogP contribution in [0, 0.1) is 17.2 Å². The molecule has 7 nitrogen and oxygen atoms in total. The molecule has 1 aromatic rings. The van der Waals surface area contributed by atoms with Gasteiger partial charge >= 0.3 is 12.0 Å². The number of ether oxygens (including phenoxy) is 1. The molecule has 30 heavy (non-hydrogen) atoms. The molecular formula is C23H30N4O3. The minimum atomic E-state index is -0.417. The molecular weight excluding hydrogens is 380 g/mol. The Morgan fingerprint density at radius 3 is 2.43 bits per heavy atom. The van der Waals surface area contributed by atoms with Crippen LogP contribution >= 0.6 is 0 Å². The van der Waals surface area contributed by atoms with Gasteiger partial charge in [0.2, 0.25) is 0 Å². The van der Waals surface area contributed by atoms with E-state index in [-0.39, 0.29) is 30.0 Å². The van der Waals surface area contributed by atoms with Crippen LogP contribution in [0.15, 0.2) is 24.3 Å². The van der Waals surface area contributed by atoms with Crippen molar-refractivity contribution in [3.63, 3.8) is 0 Å². The number of piperidine rings is 1. The standard InChI is InChI=1S/C23H30N4O3/c1-30-21(28)17-4-8-19(9-5-17)27-20(14-26-22(27)29)16-2-6-18(7-3-16)23(15-24)10-12-25-13-11-23/h2-3,6-7,17,19-20,25H,4-5,8-14H2,1H3,(H,26,29). The van der Waals surface area contributed by atoms with Crippen LogP contribution in [0.2, 0.25) is 0 Å².